The van der Waals surface area contributed by atoms with E-state index in [-0.39, 0.29) is 5.56 Å². The summed E-state index contributed by atoms with van der Waals surface area (Å²) in [5.74, 6) is 8.48. The SMILES string of the molecule is CC(O)(C(F)F)C(NC(=O)c1ccc(C#CC#Cc2cnc(N)s2)cc1)C(=O)NO. The highest BCUT2D eigenvalue weighted by molar-refractivity contribution is 7.15. The molecule has 2 unspecified atom stereocenters. The van der Waals surface area contributed by atoms with Crippen molar-refractivity contribution in [3.63, 3.8) is 0 Å². The Morgan fingerprint density at radius 2 is 1.87 bits per heavy atom. The number of amides is 2. The van der Waals surface area contributed by atoms with Gasteiger partial charge in [0, 0.05) is 11.1 Å². The zero-order chi connectivity index (χ0) is 22.3. The maximum absolute atomic E-state index is 13.0. The monoisotopic (exact) mass is 434 g/mol. The van der Waals surface area contributed by atoms with E-state index in [9.17, 15) is 23.5 Å². The highest BCUT2D eigenvalue weighted by atomic mass is 32.1. The molecule has 0 aliphatic heterocycles. The van der Waals surface area contributed by atoms with Crippen LogP contribution in [0.15, 0.2) is 30.5 Å². The second kappa shape index (κ2) is 9.80. The van der Waals surface area contributed by atoms with Gasteiger partial charge in [-0.3, -0.25) is 14.8 Å². The molecular weight excluding hydrogens is 418 g/mol. The number of halogens is 2. The molecule has 11 heteroatoms. The van der Waals surface area contributed by atoms with E-state index >= 15 is 0 Å². The molecule has 8 nitrogen and oxygen atoms in total. The lowest BCUT2D eigenvalue weighted by Gasteiger charge is -2.30. The van der Waals surface area contributed by atoms with Crippen molar-refractivity contribution in [3.8, 4) is 23.7 Å². The summed E-state index contributed by atoms with van der Waals surface area (Å²) in [6, 6.07) is 3.58. The van der Waals surface area contributed by atoms with Crippen LogP contribution < -0.4 is 16.5 Å². The first-order valence-electron chi connectivity index (χ1n) is 8.24. The van der Waals surface area contributed by atoms with E-state index in [1.165, 1.54) is 41.8 Å². The van der Waals surface area contributed by atoms with E-state index in [1.54, 1.807) is 0 Å². The van der Waals surface area contributed by atoms with Gasteiger partial charge in [-0.2, -0.15) is 0 Å². The molecule has 0 aliphatic rings. The van der Waals surface area contributed by atoms with Crippen molar-refractivity contribution in [3.05, 3.63) is 46.5 Å². The Morgan fingerprint density at radius 1 is 1.23 bits per heavy atom. The Bertz CT molecular complexity index is 1050. The number of nitrogens with two attached hydrogens (primary N) is 1. The van der Waals surface area contributed by atoms with Gasteiger partial charge < -0.3 is 16.2 Å². The largest absolute Gasteiger partial charge is 0.381 e. The van der Waals surface area contributed by atoms with E-state index < -0.39 is 29.9 Å². The van der Waals surface area contributed by atoms with Gasteiger partial charge in [-0.05, 0) is 49.0 Å². The Labute approximate surface area is 174 Å². The third-order valence-electron chi connectivity index (χ3n) is 3.80. The lowest BCUT2D eigenvalue weighted by Crippen LogP contribution is -2.61. The van der Waals surface area contributed by atoms with Gasteiger partial charge in [-0.15, -0.1) is 0 Å². The normalized spacial score (nSPS) is 13.1. The van der Waals surface area contributed by atoms with E-state index in [1.807, 2.05) is 5.32 Å². The van der Waals surface area contributed by atoms with Gasteiger partial charge in [0.1, 0.15) is 6.04 Å². The second-order valence-electron chi connectivity index (χ2n) is 6.05. The van der Waals surface area contributed by atoms with Crippen LogP contribution in [0.1, 0.15) is 27.7 Å². The molecule has 1 heterocycles. The number of nitrogens with one attached hydrogen (secondary N) is 2. The van der Waals surface area contributed by atoms with Gasteiger partial charge in [-0.25, -0.2) is 19.2 Å². The lowest BCUT2D eigenvalue weighted by molar-refractivity contribution is -0.149. The number of nitrogens with zero attached hydrogens (tertiary/aromatic N) is 1. The molecule has 30 heavy (non-hydrogen) atoms. The predicted octanol–water partition coefficient (Wildman–Crippen LogP) is 0.748. The first-order chi connectivity index (χ1) is 14.1. The van der Waals surface area contributed by atoms with Crippen LogP contribution in [0.5, 0.6) is 0 Å². The number of thiazole rings is 1. The number of aromatic nitrogens is 1. The summed E-state index contributed by atoms with van der Waals surface area (Å²) in [6.07, 6.45) is -1.84. The average Bonchev–Trinajstić information content (AvgIpc) is 3.13. The fourth-order valence-electron chi connectivity index (χ4n) is 2.13. The zero-order valence-electron chi connectivity index (χ0n) is 15.4. The summed E-state index contributed by atoms with van der Waals surface area (Å²) < 4.78 is 26.0. The summed E-state index contributed by atoms with van der Waals surface area (Å²) >= 11 is 1.22. The van der Waals surface area contributed by atoms with Crippen molar-refractivity contribution in [1.29, 1.82) is 0 Å². The third-order valence-corrected chi connectivity index (χ3v) is 4.54. The Balaban J connectivity index is 2.10. The first kappa shape index (κ1) is 22.8. The number of hydrogen-bond acceptors (Lipinski definition) is 7. The summed E-state index contributed by atoms with van der Waals surface area (Å²) in [6.45, 7) is 0.665. The molecule has 156 valence electrons. The van der Waals surface area contributed by atoms with Crippen LogP contribution in [-0.2, 0) is 4.79 Å². The number of alkyl halides is 2. The number of carbonyl (C=O) groups excluding carboxylic acids is 2. The molecule has 0 fully saturated rings. The van der Waals surface area contributed by atoms with Crippen molar-refractivity contribution in [2.45, 2.75) is 25.0 Å². The summed E-state index contributed by atoms with van der Waals surface area (Å²) in [5.41, 5.74) is 4.27. The van der Waals surface area contributed by atoms with Gasteiger partial charge in [0.15, 0.2) is 10.7 Å². The van der Waals surface area contributed by atoms with Gasteiger partial charge in [0.25, 0.3) is 18.2 Å². The average molecular weight is 434 g/mol. The topological polar surface area (TPSA) is 138 Å². The van der Waals surface area contributed by atoms with Crippen LogP contribution in [0.25, 0.3) is 0 Å². The van der Waals surface area contributed by atoms with Gasteiger partial charge in [-0.1, -0.05) is 17.3 Å². The Kier molecular flexibility index (Phi) is 7.44. The number of rotatable bonds is 5. The van der Waals surface area contributed by atoms with E-state index in [2.05, 4.69) is 28.7 Å². The zero-order valence-corrected chi connectivity index (χ0v) is 16.3. The quantitative estimate of drug-likeness (QED) is 0.268. The van der Waals surface area contributed by atoms with Gasteiger partial charge >= 0.3 is 0 Å². The van der Waals surface area contributed by atoms with Crippen molar-refractivity contribution in [1.82, 2.24) is 15.8 Å². The molecule has 0 spiro atoms. The van der Waals surface area contributed by atoms with Crippen molar-refractivity contribution >= 4 is 28.3 Å². The number of nitrogen functional groups attached to an aromatic ring is 1. The fraction of sp³-hybridized carbons (Fsp3) is 0.211. The van der Waals surface area contributed by atoms with Crippen LogP contribution >= 0.6 is 11.3 Å². The molecular formula is C19H16F2N4O4S. The molecule has 0 bridgehead atoms. The minimum atomic E-state index is -3.36. The first-order valence-corrected chi connectivity index (χ1v) is 9.05. The standard InChI is InChI=1S/C19H16F2N4O4S/c1-19(28,17(20)21)14(16(27)25-29)24-15(26)12-8-6-11(7-9-12)4-2-3-5-13-10-23-18(22)30-13/h6-10,14,17,28-29H,1H3,(H2,22,23)(H,24,26)(H,25,27). The third kappa shape index (κ3) is 5.75. The molecule has 0 saturated carbocycles. The molecule has 2 rings (SSSR count). The van der Waals surface area contributed by atoms with Crippen LogP contribution in [-0.4, -0.2) is 45.2 Å². The van der Waals surface area contributed by atoms with Gasteiger partial charge in [0.2, 0.25) is 0 Å². The summed E-state index contributed by atoms with van der Waals surface area (Å²) in [5, 5.41) is 20.9. The molecule has 0 saturated heterocycles. The highest BCUT2D eigenvalue weighted by Crippen LogP contribution is 2.20. The summed E-state index contributed by atoms with van der Waals surface area (Å²) in [4.78, 5) is 28.4. The molecule has 0 radical (unpaired) electrons. The minimum absolute atomic E-state index is 0.0209. The van der Waals surface area contributed by atoms with Crippen LogP contribution in [0.4, 0.5) is 13.9 Å². The Morgan fingerprint density at radius 3 is 2.40 bits per heavy atom. The molecule has 0 aliphatic carbocycles. The van der Waals surface area contributed by atoms with E-state index in [0.29, 0.717) is 22.5 Å². The van der Waals surface area contributed by atoms with E-state index in [4.69, 9.17) is 10.9 Å². The lowest BCUT2D eigenvalue weighted by atomic mass is 9.95. The molecule has 1 aromatic carbocycles. The summed E-state index contributed by atoms with van der Waals surface area (Å²) in [7, 11) is 0. The van der Waals surface area contributed by atoms with E-state index in [0.717, 1.165) is 5.48 Å². The van der Waals surface area contributed by atoms with Crippen molar-refractivity contribution in [2.75, 3.05) is 5.73 Å². The fourth-order valence-corrected chi connectivity index (χ4v) is 2.67. The molecule has 1 aromatic heterocycles. The number of hydrogen-bond donors (Lipinski definition) is 5. The van der Waals surface area contributed by atoms with Gasteiger partial charge in [0.05, 0.1) is 11.1 Å². The maximum atomic E-state index is 13.0. The number of anilines is 1. The molecule has 2 amide bonds. The number of hydroxylamine groups is 1. The molecule has 6 N–H and O–H groups in total. The highest BCUT2D eigenvalue weighted by Gasteiger charge is 2.46. The van der Waals surface area contributed by atoms with Crippen LogP contribution in [0.2, 0.25) is 0 Å². The van der Waals surface area contributed by atoms with Crippen LogP contribution in [0, 0.1) is 23.7 Å². The van der Waals surface area contributed by atoms with Crippen molar-refractivity contribution < 1.29 is 28.7 Å². The van der Waals surface area contributed by atoms with Crippen LogP contribution in [0.3, 0.4) is 0 Å². The number of aliphatic hydroxyl groups is 1. The second-order valence-corrected chi connectivity index (χ2v) is 7.11. The smallest absolute Gasteiger partial charge is 0.269 e. The maximum Gasteiger partial charge on any atom is 0.269 e. The predicted molar refractivity (Wildman–Crippen MR) is 105 cm³/mol. The number of benzene rings is 1. The molecule has 2 aromatic rings. The minimum Gasteiger partial charge on any atom is -0.381 e. The Hall–Kier alpha value is -3.51. The van der Waals surface area contributed by atoms with Crippen molar-refractivity contribution in [2.24, 2.45) is 0 Å². The number of carbonyl (C=O) groups is 2. The molecule has 2 atom stereocenters.